The van der Waals surface area contributed by atoms with Crippen molar-refractivity contribution in [2.75, 3.05) is 6.54 Å². The zero-order valence-corrected chi connectivity index (χ0v) is 17.2. The molecule has 1 aromatic heterocycles. The van der Waals surface area contributed by atoms with E-state index in [0.29, 0.717) is 24.5 Å². The molecule has 0 bridgehead atoms. The van der Waals surface area contributed by atoms with Crippen LogP contribution in [0, 0.1) is 25.1 Å². The second kappa shape index (κ2) is 8.23. The van der Waals surface area contributed by atoms with Gasteiger partial charge in [-0.3, -0.25) is 14.3 Å². The van der Waals surface area contributed by atoms with Crippen LogP contribution in [0.2, 0.25) is 0 Å². The zero-order valence-electron chi connectivity index (χ0n) is 17.2. The molecule has 3 aromatic rings. The SMILES string of the molecule is [C-]#[N+]c1ccc(CC(=O)N2CCn3nc(-c4ccc(F)c(F)c4)c(C(N)=O)c3C2)cc1C. The summed E-state index contributed by atoms with van der Waals surface area (Å²) in [5.41, 5.74) is 8.65. The Morgan fingerprint density at radius 2 is 1.94 bits per heavy atom. The molecule has 2 heterocycles. The molecule has 4 rings (SSSR count). The van der Waals surface area contributed by atoms with Crippen LogP contribution >= 0.6 is 0 Å². The molecule has 0 aliphatic carbocycles. The van der Waals surface area contributed by atoms with Gasteiger partial charge in [-0.25, -0.2) is 13.6 Å². The average Bonchev–Trinajstić information content (AvgIpc) is 3.14. The number of amides is 2. The number of hydrogen-bond donors (Lipinski definition) is 1. The van der Waals surface area contributed by atoms with Crippen molar-refractivity contribution in [1.82, 2.24) is 14.7 Å². The molecule has 32 heavy (non-hydrogen) atoms. The van der Waals surface area contributed by atoms with Crippen LogP contribution in [0.25, 0.3) is 16.1 Å². The number of fused-ring (bicyclic) bond motifs is 1. The smallest absolute Gasteiger partial charge is 0.252 e. The first-order chi connectivity index (χ1) is 15.3. The van der Waals surface area contributed by atoms with Gasteiger partial charge in [0.05, 0.1) is 37.3 Å². The van der Waals surface area contributed by atoms with Crippen LogP contribution in [0.3, 0.4) is 0 Å². The van der Waals surface area contributed by atoms with Gasteiger partial charge in [0.15, 0.2) is 17.3 Å². The minimum Gasteiger partial charge on any atom is -0.365 e. The van der Waals surface area contributed by atoms with E-state index in [0.717, 1.165) is 23.3 Å². The number of halogens is 2. The third kappa shape index (κ3) is 3.83. The standard InChI is InChI=1S/C23H19F2N5O2/c1-13-9-14(3-6-18(13)27-2)10-20(31)29-7-8-30-19(12-29)21(23(26)32)22(28-30)15-4-5-16(24)17(25)11-15/h3-6,9,11H,7-8,10,12H2,1H3,(H2,26,32). The Morgan fingerprint density at radius 3 is 2.59 bits per heavy atom. The molecule has 0 saturated carbocycles. The van der Waals surface area contributed by atoms with Crippen molar-refractivity contribution >= 4 is 17.5 Å². The fourth-order valence-electron chi connectivity index (χ4n) is 3.87. The first-order valence-electron chi connectivity index (χ1n) is 9.88. The summed E-state index contributed by atoms with van der Waals surface area (Å²) in [4.78, 5) is 30.2. The van der Waals surface area contributed by atoms with Crippen molar-refractivity contribution in [2.45, 2.75) is 26.4 Å². The highest BCUT2D eigenvalue weighted by Gasteiger charge is 2.30. The number of benzene rings is 2. The second-order valence-corrected chi connectivity index (χ2v) is 7.61. The number of nitrogens with zero attached hydrogens (tertiary/aromatic N) is 4. The summed E-state index contributed by atoms with van der Waals surface area (Å²) in [6.07, 6.45) is 0.148. The molecule has 1 aliphatic heterocycles. The summed E-state index contributed by atoms with van der Waals surface area (Å²) in [7, 11) is 0. The van der Waals surface area contributed by atoms with E-state index in [1.165, 1.54) is 6.07 Å². The van der Waals surface area contributed by atoms with Crippen molar-refractivity contribution in [2.24, 2.45) is 5.73 Å². The number of carbonyl (C=O) groups is 2. The zero-order chi connectivity index (χ0) is 23.0. The Hall–Kier alpha value is -4.06. The molecule has 9 heteroatoms. The largest absolute Gasteiger partial charge is 0.365 e. The molecular weight excluding hydrogens is 416 g/mol. The normalized spacial score (nSPS) is 12.9. The fourth-order valence-corrected chi connectivity index (χ4v) is 3.87. The van der Waals surface area contributed by atoms with Gasteiger partial charge in [-0.15, -0.1) is 0 Å². The van der Waals surface area contributed by atoms with E-state index in [9.17, 15) is 18.4 Å². The Labute approximate surface area is 182 Å². The highest BCUT2D eigenvalue weighted by molar-refractivity contribution is 6.00. The number of rotatable bonds is 4. The maximum atomic E-state index is 13.7. The Balaban J connectivity index is 1.61. The number of carbonyl (C=O) groups excluding carboxylic acids is 2. The quantitative estimate of drug-likeness (QED) is 0.638. The molecule has 0 spiro atoms. The van der Waals surface area contributed by atoms with Crippen molar-refractivity contribution in [3.63, 3.8) is 0 Å². The van der Waals surface area contributed by atoms with Crippen LogP contribution in [-0.2, 0) is 24.3 Å². The van der Waals surface area contributed by atoms with Gasteiger partial charge < -0.3 is 10.6 Å². The Kier molecular flexibility index (Phi) is 5.45. The maximum Gasteiger partial charge on any atom is 0.252 e. The molecule has 7 nitrogen and oxygen atoms in total. The summed E-state index contributed by atoms with van der Waals surface area (Å²) < 4.78 is 28.7. The molecule has 0 radical (unpaired) electrons. The molecule has 0 atom stereocenters. The average molecular weight is 435 g/mol. The summed E-state index contributed by atoms with van der Waals surface area (Å²) >= 11 is 0. The van der Waals surface area contributed by atoms with Crippen LogP contribution in [0.1, 0.15) is 27.2 Å². The van der Waals surface area contributed by atoms with Gasteiger partial charge in [0.2, 0.25) is 5.91 Å². The molecule has 1 aliphatic rings. The van der Waals surface area contributed by atoms with Crippen molar-refractivity contribution < 1.29 is 18.4 Å². The van der Waals surface area contributed by atoms with Crippen LogP contribution < -0.4 is 5.73 Å². The Morgan fingerprint density at radius 1 is 1.16 bits per heavy atom. The predicted molar refractivity (Wildman–Crippen MR) is 113 cm³/mol. The number of aryl methyl sites for hydroxylation is 1. The molecular formula is C23H19F2N5O2. The van der Waals surface area contributed by atoms with Crippen LogP contribution in [0.5, 0.6) is 0 Å². The highest BCUT2D eigenvalue weighted by atomic mass is 19.2. The van der Waals surface area contributed by atoms with Gasteiger partial charge in [-0.2, -0.15) is 5.10 Å². The van der Waals surface area contributed by atoms with Crippen LogP contribution in [0.4, 0.5) is 14.5 Å². The van der Waals surface area contributed by atoms with E-state index in [2.05, 4.69) is 9.94 Å². The number of nitrogens with two attached hydrogens (primary N) is 1. The van der Waals surface area contributed by atoms with Gasteiger partial charge in [0.25, 0.3) is 5.91 Å². The molecule has 0 unspecified atom stereocenters. The minimum atomic E-state index is -1.06. The van der Waals surface area contributed by atoms with E-state index >= 15 is 0 Å². The molecule has 162 valence electrons. The topological polar surface area (TPSA) is 85.6 Å². The van der Waals surface area contributed by atoms with Crippen molar-refractivity contribution in [3.8, 4) is 11.3 Å². The molecule has 2 amide bonds. The van der Waals surface area contributed by atoms with Crippen LogP contribution in [0.15, 0.2) is 36.4 Å². The number of aromatic nitrogens is 2. The number of hydrogen-bond acceptors (Lipinski definition) is 3. The van der Waals surface area contributed by atoms with Gasteiger partial charge >= 0.3 is 0 Å². The maximum absolute atomic E-state index is 13.7. The van der Waals surface area contributed by atoms with E-state index in [-0.39, 0.29) is 35.7 Å². The van der Waals surface area contributed by atoms with Gasteiger partial charge in [-0.1, -0.05) is 18.2 Å². The van der Waals surface area contributed by atoms with Crippen LogP contribution in [-0.4, -0.2) is 33.0 Å². The predicted octanol–water partition coefficient (Wildman–Crippen LogP) is 3.37. The van der Waals surface area contributed by atoms with Gasteiger partial charge in [-0.05, 0) is 36.2 Å². The van der Waals surface area contributed by atoms with E-state index in [1.807, 2.05) is 13.0 Å². The summed E-state index contributed by atoms with van der Waals surface area (Å²) in [6.45, 7) is 9.78. The van der Waals surface area contributed by atoms with Gasteiger partial charge in [0, 0.05) is 12.1 Å². The van der Waals surface area contributed by atoms with E-state index < -0.39 is 17.5 Å². The van der Waals surface area contributed by atoms with Crippen molar-refractivity contribution in [3.05, 3.63) is 81.8 Å². The van der Waals surface area contributed by atoms with Gasteiger partial charge in [0.1, 0.15) is 5.69 Å². The lowest BCUT2D eigenvalue weighted by molar-refractivity contribution is -0.132. The first-order valence-corrected chi connectivity index (χ1v) is 9.88. The van der Waals surface area contributed by atoms with E-state index in [1.54, 1.807) is 21.7 Å². The highest BCUT2D eigenvalue weighted by Crippen LogP contribution is 2.29. The molecule has 0 saturated heterocycles. The second-order valence-electron chi connectivity index (χ2n) is 7.61. The Bertz CT molecular complexity index is 1290. The third-order valence-corrected chi connectivity index (χ3v) is 5.51. The minimum absolute atomic E-state index is 0.0887. The van der Waals surface area contributed by atoms with E-state index in [4.69, 9.17) is 12.3 Å². The summed E-state index contributed by atoms with van der Waals surface area (Å²) in [5, 5.41) is 4.38. The summed E-state index contributed by atoms with van der Waals surface area (Å²) in [5.74, 6) is -2.96. The lowest BCUT2D eigenvalue weighted by Gasteiger charge is -2.28. The summed E-state index contributed by atoms with van der Waals surface area (Å²) in [6, 6.07) is 8.52. The molecule has 2 aromatic carbocycles. The lowest BCUT2D eigenvalue weighted by atomic mass is 10.0. The third-order valence-electron chi connectivity index (χ3n) is 5.51. The monoisotopic (exact) mass is 435 g/mol. The number of primary amides is 1. The molecule has 2 N–H and O–H groups in total. The fraction of sp³-hybridized carbons (Fsp3) is 0.217. The lowest BCUT2D eigenvalue weighted by Crippen LogP contribution is -2.40. The molecule has 0 fully saturated rings. The first kappa shape index (κ1) is 21.2. The van der Waals surface area contributed by atoms with Crippen molar-refractivity contribution in [1.29, 1.82) is 0 Å².